The Bertz CT molecular complexity index is 193. The van der Waals surface area contributed by atoms with Crippen LogP contribution in [-0.4, -0.2) is 41.3 Å². The molecule has 1 rings (SSSR count). The van der Waals surface area contributed by atoms with Crippen LogP contribution in [0.4, 0.5) is 0 Å². The van der Waals surface area contributed by atoms with E-state index in [0.717, 1.165) is 11.6 Å². The maximum atomic E-state index is 11.5. The largest absolute Gasteiger partial charge is 0.391 e. The highest BCUT2D eigenvalue weighted by atomic mass is 32.2. The van der Waals surface area contributed by atoms with Gasteiger partial charge in [-0.1, -0.05) is 13.8 Å². The molecular formula is C9H18N2O2S. The van der Waals surface area contributed by atoms with E-state index < -0.39 is 6.10 Å². The minimum atomic E-state index is -0.451. The number of amides is 1. The predicted molar refractivity (Wildman–Crippen MR) is 58.1 cm³/mol. The fraction of sp³-hybridized carbons (Fsp3) is 0.889. The minimum absolute atomic E-state index is 0.00491. The molecule has 1 fully saturated rings. The van der Waals surface area contributed by atoms with E-state index in [9.17, 15) is 9.90 Å². The van der Waals surface area contributed by atoms with Gasteiger partial charge in [0.15, 0.2) is 0 Å². The van der Waals surface area contributed by atoms with E-state index in [0.29, 0.717) is 6.54 Å². The van der Waals surface area contributed by atoms with Crippen LogP contribution in [-0.2, 0) is 4.79 Å². The van der Waals surface area contributed by atoms with Crippen LogP contribution in [0, 0.1) is 5.92 Å². The molecule has 0 bridgehead atoms. The molecule has 0 aromatic rings. The van der Waals surface area contributed by atoms with Crippen LogP contribution in [0.5, 0.6) is 0 Å². The summed E-state index contributed by atoms with van der Waals surface area (Å²) in [4.78, 5) is 11.5. The van der Waals surface area contributed by atoms with E-state index in [1.165, 1.54) is 0 Å². The van der Waals surface area contributed by atoms with Crippen molar-refractivity contribution in [3.63, 3.8) is 0 Å². The summed E-state index contributed by atoms with van der Waals surface area (Å²) in [7, 11) is 0. The van der Waals surface area contributed by atoms with Crippen molar-refractivity contribution in [2.45, 2.75) is 26.0 Å². The first kappa shape index (κ1) is 11.8. The second kappa shape index (κ2) is 5.58. The van der Waals surface area contributed by atoms with Crippen molar-refractivity contribution in [1.29, 1.82) is 0 Å². The van der Waals surface area contributed by atoms with Gasteiger partial charge in [0.05, 0.1) is 12.1 Å². The monoisotopic (exact) mass is 218 g/mol. The topological polar surface area (TPSA) is 61.4 Å². The van der Waals surface area contributed by atoms with Crippen LogP contribution >= 0.6 is 11.8 Å². The number of nitrogens with one attached hydrogen (secondary N) is 2. The highest BCUT2D eigenvalue weighted by molar-refractivity contribution is 7.99. The van der Waals surface area contributed by atoms with Crippen LogP contribution in [0.1, 0.15) is 13.8 Å². The number of aliphatic hydroxyl groups is 1. The first-order chi connectivity index (χ1) is 6.61. The van der Waals surface area contributed by atoms with Gasteiger partial charge in [0.1, 0.15) is 0 Å². The fourth-order valence-electron chi connectivity index (χ4n) is 1.13. The zero-order valence-electron chi connectivity index (χ0n) is 8.62. The Morgan fingerprint density at radius 2 is 2.43 bits per heavy atom. The van der Waals surface area contributed by atoms with Crippen molar-refractivity contribution in [1.82, 2.24) is 10.6 Å². The van der Waals surface area contributed by atoms with Crippen molar-refractivity contribution >= 4 is 17.7 Å². The standard InChI is InChI=1S/C9H18N2O2S/c1-6(2)8(12)3-10-9(13)7-4-14-5-11-7/h6-8,11-12H,3-5H2,1-2H3,(H,10,13). The maximum absolute atomic E-state index is 11.5. The lowest BCUT2D eigenvalue weighted by atomic mass is 10.1. The average Bonchev–Trinajstić information content (AvgIpc) is 2.66. The van der Waals surface area contributed by atoms with Gasteiger partial charge in [-0.2, -0.15) is 0 Å². The van der Waals surface area contributed by atoms with Gasteiger partial charge in [-0.15, -0.1) is 11.8 Å². The molecule has 1 aliphatic rings. The summed E-state index contributed by atoms with van der Waals surface area (Å²) in [6.45, 7) is 4.21. The quantitative estimate of drug-likeness (QED) is 0.610. The van der Waals surface area contributed by atoms with Crippen molar-refractivity contribution in [3.05, 3.63) is 0 Å². The molecule has 5 heteroatoms. The Morgan fingerprint density at radius 3 is 2.93 bits per heavy atom. The first-order valence-corrected chi connectivity index (χ1v) is 6.03. The minimum Gasteiger partial charge on any atom is -0.391 e. The normalized spacial score (nSPS) is 23.9. The average molecular weight is 218 g/mol. The molecule has 2 atom stereocenters. The van der Waals surface area contributed by atoms with E-state index >= 15 is 0 Å². The molecule has 0 radical (unpaired) electrons. The van der Waals surface area contributed by atoms with Gasteiger partial charge >= 0.3 is 0 Å². The van der Waals surface area contributed by atoms with Gasteiger partial charge in [0, 0.05) is 18.2 Å². The van der Waals surface area contributed by atoms with Crippen molar-refractivity contribution in [2.24, 2.45) is 5.92 Å². The van der Waals surface area contributed by atoms with Gasteiger partial charge in [-0.25, -0.2) is 0 Å². The van der Waals surface area contributed by atoms with E-state index in [2.05, 4.69) is 10.6 Å². The molecule has 4 nitrogen and oxygen atoms in total. The van der Waals surface area contributed by atoms with Crippen LogP contribution in [0.2, 0.25) is 0 Å². The molecule has 2 unspecified atom stereocenters. The van der Waals surface area contributed by atoms with E-state index in [1.54, 1.807) is 11.8 Å². The van der Waals surface area contributed by atoms with Gasteiger partial charge in [0.2, 0.25) is 5.91 Å². The van der Waals surface area contributed by atoms with Crippen molar-refractivity contribution in [2.75, 3.05) is 18.2 Å². The Hall–Kier alpha value is -0.260. The molecule has 1 heterocycles. The predicted octanol–water partition coefficient (Wildman–Crippen LogP) is -0.218. The van der Waals surface area contributed by atoms with Crippen molar-refractivity contribution < 1.29 is 9.90 Å². The second-order valence-electron chi connectivity index (χ2n) is 3.83. The lowest BCUT2D eigenvalue weighted by Gasteiger charge is -2.16. The summed E-state index contributed by atoms with van der Waals surface area (Å²) in [6, 6.07) is -0.0839. The molecule has 3 N–H and O–H groups in total. The molecule has 0 aliphatic carbocycles. The molecule has 0 aromatic carbocycles. The fourth-order valence-corrected chi connectivity index (χ4v) is 2.07. The molecule has 1 amide bonds. The second-order valence-corrected chi connectivity index (χ2v) is 4.86. The maximum Gasteiger partial charge on any atom is 0.238 e. The summed E-state index contributed by atoms with van der Waals surface area (Å²) in [6.07, 6.45) is -0.451. The summed E-state index contributed by atoms with van der Waals surface area (Å²) in [5.74, 6) is 1.84. The number of rotatable bonds is 4. The van der Waals surface area contributed by atoms with Crippen molar-refractivity contribution in [3.8, 4) is 0 Å². The Balaban J connectivity index is 2.20. The summed E-state index contributed by atoms with van der Waals surface area (Å²) >= 11 is 1.72. The van der Waals surface area contributed by atoms with Gasteiger partial charge in [0.25, 0.3) is 0 Å². The lowest BCUT2D eigenvalue weighted by Crippen LogP contribution is -2.45. The third kappa shape index (κ3) is 3.48. The Morgan fingerprint density at radius 1 is 1.71 bits per heavy atom. The number of aliphatic hydroxyl groups excluding tert-OH is 1. The molecular weight excluding hydrogens is 200 g/mol. The molecule has 82 valence electrons. The molecule has 0 aromatic heterocycles. The smallest absolute Gasteiger partial charge is 0.238 e. The third-order valence-electron chi connectivity index (χ3n) is 2.29. The molecule has 14 heavy (non-hydrogen) atoms. The van der Waals surface area contributed by atoms with Gasteiger partial charge < -0.3 is 10.4 Å². The molecule has 1 saturated heterocycles. The van der Waals surface area contributed by atoms with Gasteiger partial charge in [-0.05, 0) is 5.92 Å². The van der Waals surface area contributed by atoms with Crippen LogP contribution in [0.3, 0.4) is 0 Å². The van der Waals surface area contributed by atoms with Crippen LogP contribution in [0.15, 0.2) is 0 Å². The lowest BCUT2D eigenvalue weighted by molar-refractivity contribution is -0.123. The van der Waals surface area contributed by atoms with E-state index in [1.807, 2.05) is 13.8 Å². The number of carbonyl (C=O) groups is 1. The first-order valence-electron chi connectivity index (χ1n) is 4.88. The van der Waals surface area contributed by atoms with Crippen LogP contribution in [0.25, 0.3) is 0 Å². The summed E-state index contributed by atoms with van der Waals surface area (Å²) in [5.41, 5.74) is 0. The Labute approximate surface area is 88.8 Å². The highest BCUT2D eigenvalue weighted by Crippen LogP contribution is 2.09. The number of hydrogen-bond acceptors (Lipinski definition) is 4. The number of carbonyl (C=O) groups excluding carboxylic acids is 1. The zero-order chi connectivity index (χ0) is 10.6. The SMILES string of the molecule is CC(C)C(O)CNC(=O)C1CSCN1. The van der Waals surface area contributed by atoms with Crippen LogP contribution < -0.4 is 10.6 Å². The molecule has 1 aliphatic heterocycles. The van der Waals surface area contributed by atoms with E-state index in [-0.39, 0.29) is 17.9 Å². The molecule has 0 saturated carbocycles. The van der Waals surface area contributed by atoms with Gasteiger partial charge in [-0.3, -0.25) is 10.1 Å². The number of thioether (sulfide) groups is 1. The zero-order valence-corrected chi connectivity index (χ0v) is 9.43. The third-order valence-corrected chi connectivity index (χ3v) is 3.23. The van der Waals surface area contributed by atoms with E-state index in [4.69, 9.17) is 0 Å². The molecule has 0 spiro atoms. The number of hydrogen-bond donors (Lipinski definition) is 3. The summed E-state index contributed by atoms with van der Waals surface area (Å²) < 4.78 is 0. The Kier molecular flexibility index (Phi) is 4.71. The summed E-state index contributed by atoms with van der Waals surface area (Å²) in [5, 5.41) is 15.3. The highest BCUT2D eigenvalue weighted by Gasteiger charge is 2.22.